The molecule has 108 valence electrons. The quantitative estimate of drug-likeness (QED) is 0.925. The van der Waals surface area contributed by atoms with Crippen LogP contribution in [0, 0.1) is 0 Å². The molecule has 0 saturated carbocycles. The van der Waals surface area contributed by atoms with Gasteiger partial charge in [-0.1, -0.05) is 25.1 Å². The Morgan fingerprint density at radius 1 is 1.40 bits per heavy atom. The number of carbonyl (C=O) groups excluding carboxylic acids is 1. The minimum Gasteiger partial charge on any atom is -0.478 e. The minimum atomic E-state index is -0.978. The third kappa shape index (κ3) is 3.54. The Balaban J connectivity index is 2.06. The first-order chi connectivity index (χ1) is 9.61. The SMILES string of the molecule is CCC1CN(C(=O)Cc2ccccc2C(=O)O)CCS1. The molecule has 20 heavy (non-hydrogen) atoms. The van der Waals surface area contributed by atoms with E-state index in [1.807, 2.05) is 16.7 Å². The van der Waals surface area contributed by atoms with Crippen molar-refractivity contribution in [3.8, 4) is 0 Å². The lowest BCUT2D eigenvalue weighted by Crippen LogP contribution is -2.42. The number of benzene rings is 1. The van der Waals surface area contributed by atoms with E-state index in [0.29, 0.717) is 10.8 Å². The molecule has 1 aromatic rings. The van der Waals surface area contributed by atoms with Gasteiger partial charge in [-0.2, -0.15) is 11.8 Å². The molecular formula is C15H19NO3S. The van der Waals surface area contributed by atoms with Gasteiger partial charge >= 0.3 is 5.97 Å². The lowest BCUT2D eigenvalue weighted by molar-refractivity contribution is -0.130. The first-order valence-electron chi connectivity index (χ1n) is 6.82. The number of carboxylic acid groups (broad SMARTS) is 1. The summed E-state index contributed by atoms with van der Waals surface area (Å²) in [5.74, 6) is 0.0108. The molecule has 1 atom stereocenters. The summed E-state index contributed by atoms with van der Waals surface area (Å²) in [6.07, 6.45) is 1.23. The van der Waals surface area contributed by atoms with Crippen molar-refractivity contribution in [1.82, 2.24) is 4.90 Å². The molecule has 1 aromatic carbocycles. The Hall–Kier alpha value is -1.49. The topological polar surface area (TPSA) is 57.6 Å². The number of aromatic carboxylic acids is 1. The van der Waals surface area contributed by atoms with Crippen LogP contribution in [0.15, 0.2) is 24.3 Å². The van der Waals surface area contributed by atoms with Crippen LogP contribution in [0.3, 0.4) is 0 Å². The fourth-order valence-corrected chi connectivity index (χ4v) is 3.53. The van der Waals surface area contributed by atoms with E-state index >= 15 is 0 Å². The summed E-state index contributed by atoms with van der Waals surface area (Å²) in [6.45, 7) is 3.66. The second-order valence-electron chi connectivity index (χ2n) is 4.88. The molecular weight excluding hydrogens is 274 g/mol. The Morgan fingerprint density at radius 2 is 2.15 bits per heavy atom. The fraction of sp³-hybridized carbons (Fsp3) is 0.467. The predicted molar refractivity (Wildman–Crippen MR) is 80.2 cm³/mol. The van der Waals surface area contributed by atoms with E-state index in [2.05, 4.69) is 6.92 Å². The van der Waals surface area contributed by atoms with Gasteiger partial charge in [0.05, 0.1) is 12.0 Å². The first-order valence-corrected chi connectivity index (χ1v) is 7.87. The highest BCUT2D eigenvalue weighted by molar-refractivity contribution is 8.00. The maximum Gasteiger partial charge on any atom is 0.335 e. The number of hydrogen-bond donors (Lipinski definition) is 1. The summed E-state index contributed by atoms with van der Waals surface area (Å²) < 4.78 is 0. The molecule has 0 radical (unpaired) electrons. The highest BCUT2D eigenvalue weighted by Gasteiger charge is 2.24. The molecule has 1 amide bonds. The largest absolute Gasteiger partial charge is 0.478 e. The molecule has 1 unspecified atom stereocenters. The van der Waals surface area contributed by atoms with E-state index in [4.69, 9.17) is 5.11 Å². The highest BCUT2D eigenvalue weighted by atomic mass is 32.2. The lowest BCUT2D eigenvalue weighted by Gasteiger charge is -2.32. The van der Waals surface area contributed by atoms with Crippen molar-refractivity contribution in [2.24, 2.45) is 0 Å². The van der Waals surface area contributed by atoms with Crippen molar-refractivity contribution >= 4 is 23.6 Å². The molecule has 1 aliphatic heterocycles. The molecule has 1 fully saturated rings. The van der Waals surface area contributed by atoms with Crippen LogP contribution in [-0.4, -0.2) is 46.0 Å². The molecule has 1 N–H and O–H groups in total. The molecule has 2 rings (SSSR count). The number of amides is 1. The smallest absolute Gasteiger partial charge is 0.335 e. The predicted octanol–water partition coefficient (Wildman–Crippen LogP) is 2.28. The van der Waals surface area contributed by atoms with Gasteiger partial charge in [0.25, 0.3) is 0 Å². The molecule has 0 aliphatic carbocycles. The number of carbonyl (C=O) groups is 2. The molecule has 1 aliphatic rings. The standard InChI is InChI=1S/C15H19NO3S/c1-2-12-10-16(7-8-20-12)14(17)9-11-5-3-4-6-13(11)15(18)19/h3-6,12H,2,7-10H2,1H3,(H,18,19). The van der Waals surface area contributed by atoms with Crippen LogP contribution >= 0.6 is 11.8 Å². The number of hydrogen-bond acceptors (Lipinski definition) is 3. The average molecular weight is 293 g/mol. The van der Waals surface area contributed by atoms with Crippen LogP contribution in [0.5, 0.6) is 0 Å². The molecule has 1 saturated heterocycles. The van der Waals surface area contributed by atoms with Crippen LogP contribution in [0.4, 0.5) is 0 Å². The summed E-state index contributed by atoms with van der Waals surface area (Å²) in [4.78, 5) is 25.3. The van der Waals surface area contributed by atoms with Gasteiger partial charge in [0.15, 0.2) is 0 Å². The first kappa shape index (κ1) is 14.9. The maximum absolute atomic E-state index is 12.3. The summed E-state index contributed by atoms with van der Waals surface area (Å²) in [5, 5.41) is 9.64. The van der Waals surface area contributed by atoms with E-state index in [0.717, 1.165) is 25.3 Å². The van der Waals surface area contributed by atoms with Crippen LogP contribution in [0.25, 0.3) is 0 Å². The summed E-state index contributed by atoms with van der Waals surface area (Å²) in [5.41, 5.74) is 0.815. The van der Waals surface area contributed by atoms with Gasteiger partial charge < -0.3 is 10.0 Å². The van der Waals surface area contributed by atoms with Gasteiger partial charge in [0, 0.05) is 24.1 Å². The molecule has 0 spiro atoms. The van der Waals surface area contributed by atoms with E-state index in [1.165, 1.54) is 0 Å². The molecule has 4 nitrogen and oxygen atoms in total. The van der Waals surface area contributed by atoms with Crippen molar-refractivity contribution in [2.45, 2.75) is 25.0 Å². The Morgan fingerprint density at radius 3 is 2.85 bits per heavy atom. The molecule has 5 heteroatoms. The molecule has 0 aromatic heterocycles. The van der Waals surface area contributed by atoms with Gasteiger partial charge in [-0.25, -0.2) is 4.79 Å². The second-order valence-corrected chi connectivity index (χ2v) is 6.29. The van der Waals surface area contributed by atoms with Crippen molar-refractivity contribution in [3.63, 3.8) is 0 Å². The summed E-state index contributed by atoms with van der Waals surface area (Å²) in [6, 6.07) is 6.72. The summed E-state index contributed by atoms with van der Waals surface area (Å²) >= 11 is 1.91. The van der Waals surface area contributed by atoms with Gasteiger partial charge in [-0.15, -0.1) is 0 Å². The Kier molecular flexibility index (Phi) is 5.06. The monoisotopic (exact) mass is 293 g/mol. The Labute approximate surface area is 123 Å². The fourth-order valence-electron chi connectivity index (χ4n) is 2.35. The van der Waals surface area contributed by atoms with E-state index < -0.39 is 5.97 Å². The van der Waals surface area contributed by atoms with E-state index in [-0.39, 0.29) is 17.9 Å². The van der Waals surface area contributed by atoms with Crippen molar-refractivity contribution < 1.29 is 14.7 Å². The van der Waals surface area contributed by atoms with Gasteiger partial charge in [-0.3, -0.25) is 4.79 Å². The molecule has 1 heterocycles. The summed E-state index contributed by atoms with van der Waals surface area (Å²) in [7, 11) is 0. The number of nitrogens with zero attached hydrogens (tertiary/aromatic N) is 1. The van der Waals surface area contributed by atoms with Gasteiger partial charge in [0.1, 0.15) is 0 Å². The van der Waals surface area contributed by atoms with Crippen LogP contribution in [0.2, 0.25) is 0 Å². The van der Waals surface area contributed by atoms with E-state index in [9.17, 15) is 9.59 Å². The van der Waals surface area contributed by atoms with Crippen molar-refractivity contribution in [2.75, 3.05) is 18.8 Å². The number of rotatable bonds is 4. The zero-order chi connectivity index (χ0) is 14.5. The van der Waals surface area contributed by atoms with Gasteiger partial charge in [-0.05, 0) is 18.1 Å². The number of carboxylic acids is 1. The highest BCUT2D eigenvalue weighted by Crippen LogP contribution is 2.22. The second kappa shape index (κ2) is 6.79. The van der Waals surface area contributed by atoms with Crippen LogP contribution < -0.4 is 0 Å². The van der Waals surface area contributed by atoms with E-state index in [1.54, 1.807) is 24.3 Å². The Bertz CT molecular complexity index is 504. The van der Waals surface area contributed by atoms with Crippen LogP contribution in [0.1, 0.15) is 29.3 Å². The average Bonchev–Trinajstić information content (AvgIpc) is 2.47. The zero-order valence-electron chi connectivity index (χ0n) is 11.5. The minimum absolute atomic E-state index is 0.0254. The van der Waals surface area contributed by atoms with Gasteiger partial charge in [0.2, 0.25) is 5.91 Å². The maximum atomic E-state index is 12.3. The van der Waals surface area contributed by atoms with Crippen molar-refractivity contribution in [1.29, 1.82) is 0 Å². The molecule has 0 bridgehead atoms. The lowest BCUT2D eigenvalue weighted by atomic mass is 10.0. The normalized spacial score (nSPS) is 18.9. The third-order valence-electron chi connectivity index (χ3n) is 3.54. The van der Waals surface area contributed by atoms with Crippen LogP contribution in [-0.2, 0) is 11.2 Å². The third-order valence-corrected chi connectivity index (χ3v) is 4.91. The zero-order valence-corrected chi connectivity index (χ0v) is 12.4. The van der Waals surface area contributed by atoms with Crippen molar-refractivity contribution in [3.05, 3.63) is 35.4 Å². The number of thioether (sulfide) groups is 1.